The Morgan fingerprint density at radius 1 is 1.38 bits per heavy atom. The summed E-state index contributed by atoms with van der Waals surface area (Å²) in [5.74, 6) is 1.36. The number of fused-ring (bicyclic) bond motifs is 1. The SMILES string of the molecule is N#C[C@H](N)c1ccc2c(c1)OCO2. The van der Waals surface area contributed by atoms with E-state index < -0.39 is 6.04 Å². The minimum Gasteiger partial charge on any atom is -0.454 e. The Hall–Kier alpha value is -1.73. The molecule has 0 aliphatic carbocycles. The van der Waals surface area contributed by atoms with Gasteiger partial charge in [0.05, 0.1) is 6.07 Å². The molecule has 0 radical (unpaired) electrons. The van der Waals surface area contributed by atoms with Gasteiger partial charge in [-0.2, -0.15) is 5.26 Å². The Kier molecular flexibility index (Phi) is 1.80. The van der Waals surface area contributed by atoms with Crippen LogP contribution in [0.25, 0.3) is 0 Å². The lowest BCUT2D eigenvalue weighted by molar-refractivity contribution is 0.174. The minimum atomic E-state index is -0.602. The van der Waals surface area contributed by atoms with E-state index in [1.807, 2.05) is 6.07 Å². The molecule has 1 aromatic rings. The highest BCUT2D eigenvalue weighted by Crippen LogP contribution is 2.33. The summed E-state index contributed by atoms with van der Waals surface area (Å²) in [6.07, 6.45) is 0. The van der Waals surface area contributed by atoms with E-state index in [0.29, 0.717) is 11.5 Å². The Bertz CT molecular complexity index is 370. The third-order valence-corrected chi connectivity index (χ3v) is 1.89. The van der Waals surface area contributed by atoms with Crippen LogP contribution in [0.4, 0.5) is 0 Å². The van der Waals surface area contributed by atoms with Crippen molar-refractivity contribution >= 4 is 0 Å². The van der Waals surface area contributed by atoms with Gasteiger partial charge in [-0.3, -0.25) is 0 Å². The molecule has 2 N–H and O–H groups in total. The highest BCUT2D eigenvalue weighted by Gasteiger charge is 2.15. The van der Waals surface area contributed by atoms with Gasteiger partial charge in [0.15, 0.2) is 11.5 Å². The highest BCUT2D eigenvalue weighted by molar-refractivity contribution is 5.46. The molecule has 4 nitrogen and oxygen atoms in total. The molecule has 1 atom stereocenters. The largest absolute Gasteiger partial charge is 0.454 e. The highest BCUT2D eigenvalue weighted by atomic mass is 16.7. The Balaban J connectivity index is 2.37. The number of nitrogens with zero attached hydrogens (tertiary/aromatic N) is 1. The number of nitrogens with two attached hydrogens (primary N) is 1. The molecule has 13 heavy (non-hydrogen) atoms. The summed E-state index contributed by atoms with van der Waals surface area (Å²) in [7, 11) is 0. The molecule has 0 spiro atoms. The van der Waals surface area contributed by atoms with Gasteiger partial charge in [0.1, 0.15) is 6.04 Å². The second kappa shape index (κ2) is 2.96. The van der Waals surface area contributed by atoms with Crippen LogP contribution < -0.4 is 15.2 Å². The average Bonchev–Trinajstić information content (AvgIpc) is 2.63. The maximum atomic E-state index is 8.59. The summed E-state index contributed by atoms with van der Waals surface area (Å²) in [6.45, 7) is 0.237. The lowest BCUT2D eigenvalue weighted by atomic mass is 10.1. The van der Waals surface area contributed by atoms with Crippen molar-refractivity contribution in [2.24, 2.45) is 5.73 Å². The van der Waals surface area contributed by atoms with Crippen LogP contribution in [0.1, 0.15) is 11.6 Å². The van der Waals surface area contributed by atoms with Crippen molar-refractivity contribution in [2.45, 2.75) is 6.04 Å². The fourth-order valence-corrected chi connectivity index (χ4v) is 1.18. The van der Waals surface area contributed by atoms with E-state index in [-0.39, 0.29) is 6.79 Å². The molecule has 1 aliphatic heterocycles. The second-order valence-electron chi connectivity index (χ2n) is 2.72. The first-order chi connectivity index (χ1) is 6.31. The molecule has 4 heteroatoms. The van der Waals surface area contributed by atoms with Crippen LogP contribution >= 0.6 is 0 Å². The average molecular weight is 176 g/mol. The van der Waals surface area contributed by atoms with Gasteiger partial charge in [-0.15, -0.1) is 0 Å². The van der Waals surface area contributed by atoms with Gasteiger partial charge in [0.2, 0.25) is 6.79 Å². The lowest BCUT2D eigenvalue weighted by Crippen LogP contribution is -2.06. The van der Waals surface area contributed by atoms with E-state index in [2.05, 4.69) is 0 Å². The quantitative estimate of drug-likeness (QED) is 0.691. The van der Waals surface area contributed by atoms with Crippen LogP contribution in [0.3, 0.4) is 0 Å². The third-order valence-electron chi connectivity index (χ3n) is 1.89. The fraction of sp³-hybridized carbons (Fsp3) is 0.222. The van der Waals surface area contributed by atoms with Gasteiger partial charge in [-0.25, -0.2) is 0 Å². The molecule has 1 heterocycles. The van der Waals surface area contributed by atoms with Crippen LogP contribution in [-0.4, -0.2) is 6.79 Å². The van der Waals surface area contributed by atoms with Crippen molar-refractivity contribution in [3.05, 3.63) is 23.8 Å². The van der Waals surface area contributed by atoms with Crippen LogP contribution in [-0.2, 0) is 0 Å². The predicted molar refractivity (Wildman–Crippen MR) is 45.1 cm³/mol. The monoisotopic (exact) mass is 176 g/mol. The molecule has 2 rings (SSSR count). The van der Waals surface area contributed by atoms with E-state index >= 15 is 0 Å². The first-order valence-electron chi connectivity index (χ1n) is 3.86. The summed E-state index contributed by atoms with van der Waals surface area (Å²) in [5.41, 5.74) is 6.27. The number of rotatable bonds is 1. The Morgan fingerprint density at radius 3 is 2.92 bits per heavy atom. The molecule has 0 amide bonds. The number of benzene rings is 1. The molecular weight excluding hydrogens is 168 g/mol. The smallest absolute Gasteiger partial charge is 0.231 e. The van der Waals surface area contributed by atoms with Crippen molar-refractivity contribution in [2.75, 3.05) is 6.79 Å². The maximum absolute atomic E-state index is 8.59. The van der Waals surface area contributed by atoms with Gasteiger partial charge >= 0.3 is 0 Å². The van der Waals surface area contributed by atoms with E-state index in [0.717, 1.165) is 5.56 Å². The number of nitriles is 1. The normalized spacial score (nSPS) is 15.1. The predicted octanol–water partition coefficient (Wildman–Crippen LogP) is 0.939. The zero-order valence-electron chi connectivity index (χ0n) is 6.86. The number of hydrogen-bond acceptors (Lipinski definition) is 4. The lowest BCUT2D eigenvalue weighted by Gasteiger charge is -2.03. The van der Waals surface area contributed by atoms with E-state index in [1.54, 1.807) is 18.2 Å². The summed E-state index contributed by atoms with van der Waals surface area (Å²) < 4.78 is 10.3. The molecule has 0 unspecified atom stereocenters. The molecular formula is C9H8N2O2. The standard InChI is InChI=1S/C9H8N2O2/c10-4-7(11)6-1-2-8-9(3-6)13-5-12-8/h1-3,7H,5,11H2/t7-/m0/s1. The van der Waals surface area contributed by atoms with E-state index in [1.165, 1.54) is 0 Å². The van der Waals surface area contributed by atoms with Crippen molar-refractivity contribution in [1.82, 2.24) is 0 Å². The van der Waals surface area contributed by atoms with Gasteiger partial charge < -0.3 is 15.2 Å². The zero-order chi connectivity index (χ0) is 9.26. The first-order valence-corrected chi connectivity index (χ1v) is 3.86. The molecule has 0 fully saturated rings. The van der Waals surface area contributed by atoms with E-state index in [4.69, 9.17) is 20.5 Å². The number of hydrogen-bond donors (Lipinski definition) is 1. The van der Waals surface area contributed by atoms with E-state index in [9.17, 15) is 0 Å². The third kappa shape index (κ3) is 1.30. The molecule has 1 aliphatic rings. The first kappa shape index (κ1) is 7.90. The number of ether oxygens (including phenoxy) is 2. The maximum Gasteiger partial charge on any atom is 0.231 e. The summed E-state index contributed by atoms with van der Waals surface area (Å²) >= 11 is 0. The van der Waals surface area contributed by atoms with Gasteiger partial charge in [-0.05, 0) is 17.7 Å². The summed E-state index contributed by atoms with van der Waals surface area (Å²) in [6, 6.07) is 6.61. The molecule has 66 valence electrons. The Morgan fingerprint density at radius 2 is 2.15 bits per heavy atom. The fourth-order valence-electron chi connectivity index (χ4n) is 1.18. The van der Waals surface area contributed by atoms with Gasteiger partial charge in [0.25, 0.3) is 0 Å². The van der Waals surface area contributed by atoms with Crippen molar-refractivity contribution in [3.63, 3.8) is 0 Å². The summed E-state index contributed by atoms with van der Waals surface area (Å²) in [5, 5.41) is 8.59. The van der Waals surface area contributed by atoms with Gasteiger partial charge in [-0.1, -0.05) is 6.07 Å². The summed E-state index contributed by atoms with van der Waals surface area (Å²) in [4.78, 5) is 0. The molecule has 1 aromatic carbocycles. The van der Waals surface area contributed by atoms with Crippen molar-refractivity contribution in [1.29, 1.82) is 5.26 Å². The molecule has 0 saturated heterocycles. The minimum absolute atomic E-state index is 0.237. The second-order valence-corrected chi connectivity index (χ2v) is 2.72. The van der Waals surface area contributed by atoms with Crippen LogP contribution in [0, 0.1) is 11.3 Å². The van der Waals surface area contributed by atoms with Crippen molar-refractivity contribution < 1.29 is 9.47 Å². The molecule has 0 aromatic heterocycles. The Labute approximate surface area is 75.5 Å². The topological polar surface area (TPSA) is 68.3 Å². The van der Waals surface area contributed by atoms with Crippen LogP contribution in [0.5, 0.6) is 11.5 Å². The van der Waals surface area contributed by atoms with Crippen LogP contribution in [0.2, 0.25) is 0 Å². The molecule has 0 bridgehead atoms. The van der Waals surface area contributed by atoms with Crippen LogP contribution in [0.15, 0.2) is 18.2 Å². The zero-order valence-corrected chi connectivity index (χ0v) is 6.86. The van der Waals surface area contributed by atoms with Gasteiger partial charge in [0, 0.05) is 0 Å². The molecule has 0 saturated carbocycles. The van der Waals surface area contributed by atoms with Crippen molar-refractivity contribution in [3.8, 4) is 17.6 Å².